The van der Waals surface area contributed by atoms with Gasteiger partial charge in [-0.05, 0) is 71.0 Å². The number of likely N-dealkylation sites (tertiary alicyclic amines) is 1. The molecule has 3 rings (SSSR count). The lowest BCUT2D eigenvalue weighted by Crippen LogP contribution is -2.56. The Bertz CT molecular complexity index is 285. The molecule has 0 spiro atoms. The second-order valence-corrected chi connectivity index (χ2v) is 6.91. The summed E-state index contributed by atoms with van der Waals surface area (Å²) in [5.41, 5.74) is 6.58. The Labute approximate surface area is 112 Å². The Balaban J connectivity index is 1.73. The van der Waals surface area contributed by atoms with Crippen molar-refractivity contribution in [2.75, 3.05) is 33.2 Å². The Hall–Kier alpha value is -0.120. The number of nitrogens with zero attached hydrogens (tertiary/aromatic N) is 2. The predicted molar refractivity (Wildman–Crippen MR) is 75.6 cm³/mol. The van der Waals surface area contributed by atoms with E-state index >= 15 is 0 Å². The van der Waals surface area contributed by atoms with Crippen LogP contribution in [0.5, 0.6) is 0 Å². The maximum absolute atomic E-state index is 6.26. The van der Waals surface area contributed by atoms with Crippen LogP contribution in [0.15, 0.2) is 0 Å². The number of rotatable bonds is 5. The molecular formula is C15H29N3. The number of hydrogen-bond donors (Lipinski definition) is 1. The quantitative estimate of drug-likeness (QED) is 0.807. The fourth-order valence-electron chi connectivity index (χ4n) is 3.62. The van der Waals surface area contributed by atoms with Gasteiger partial charge in [0.2, 0.25) is 0 Å². The molecule has 3 fully saturated rings. The summed E-state index contributed by atoms with van der Waals surface area (Å²) in [6.07, 6.45) is 9.68. The molecular weight excluding hydrogens is 222 g/mol. The highest BCUT2D eigenvalue weighted by Gasteiger charge is 2.45. The summed E-state index contributed by atoms with van der Waals surface area (Å²) in [7, 11) is 2.26. The molecule has 2 saturated carbocycles. The van der Waals surface area contributed by atoms with Crippen molar-refractivity contribution >= 4 is 0 Å². The normalized spacial score (nSPS) is 34.8. The zero-order chi connectivity index (χ0) is 12.6. The summed E-state index contributed by atoms with van der Waals surface area (Å²) in [6.45, 7) is 4.68. The van der Waals surface area contributed by atoms with Crippen LogP contribution in [-0.4, -0.2) is 54.6 Å². The largest absolute Gasteiger partial charge is 0.329 e. The van der Waals surface area contributed by atoms with E-state index in [1.807, 2.05) is 0 Å². The van der Waals surface area contributed by atoms with Crippen LogP contribution in [0.1, 0.15) is 44.9 Å². The zero-order valence-electron chi connectivity index (χ0n) is 11.9. The molecule has 1 saturated heterocycles. The van der Waals surface area contributed by atoms with E-state index < -0.39 is 0 Å². The molecule has 3 heteroatoms. The smallest absolute Gasteiger partial charge is 0.0347 e. The minimum absolute atomic E-state index is 0.328. The van der Waals surface area contributed by atoms with E-state index in [0.29, 0.717) is 5.54 Å². The molecule has 3 aliphatic rings. The van der Waals surface area contributed by atoms with Gasteiger partial charge in [0, 0.05) is 24.7 Å². The Morgan fingerprint density at radius 1 is 1.17 bits per heavy atom. The van der Waals surface area contributed by atoms with Crippen LogP contribution < -0.4 is 5.73 Å². The van der Waals surface area contributed by atoms with Crippen LogP contribution in [0.3, 0.4) is 0 Å². The van der Waals surface area contributed by atoms with Crippen molar-refractivity contribution in [3.05, 3.63) is 0 Å². The third kappa shape index (κ3) is 2.73. The first kappa shape index (κ1) is 12.9. The Morgan fingerprint density at radius 3 is 2.56 bits per heavy atom. The fraction of sp³-hybridized carbons (Fsp3) is 1.00. The van der Waals surface area contributed by atoms with Gasteiger partial charge >= 0.3 is 0 Å². The van der Waals surface area contributed by atoms with Crippen molar-refractivity contribution < 1.29 is 0 Å². The van der Waals surface area contributed by atoms with Crippen LogP contribution >= 0.6 is 0 Å². The molecule has 2 aliphatic carbocycles. The molecule has 0 aromatic heterocycles. The lowest BCUT2D eigenvalue weighted by molar-refractivity contribution is 0.0649. The predicted octanol–water partition coefficient (Wildman–Crippen LogP) is 1.67. The van der Waals surface area contributed by atoms with E-state index in [0.717, 1.165) is 18.5 Å². The standard InChI is InChI=1S/C15H29N3/c1-17-9-2-7-15(12-16,8-10-17)18(14-5-6-14)11-13-3-4-13/h13-14H,2-12,16H2,1H3. The summed E-state index contributed by atoms with van der Waals surface area (Å²) in [5.74, 6) is 0.995. The van der Waals surface area contributed by atoms with Crippen LogP contribution in [0.2, 0.25) is 0 Å². The molecule has 0 aromatic rings. The van der Waals surface area contributed by atoms with Crippen molar-refractivity contribution in [3.8, 4) is 0 Å². The first-order valence-electron chi connectivity index (χ1n) is 7.89. The van der Waals surface area contributed by atoms with Gasteiger partial charge in [0.25, 0.3) is 0 Å². The van der Waals surface area contributed by atoms with Crippen LogP contribution in [0.4, 0.5) is 0 Å². The third-order valence-corrected chi connectivity index (χ3v) is 5.27. The number of hydrogen-bond acceptors (Lipinski definition) is 3. The average molecular weight is 251 g/mol. The molecule has 1 atom stereocenters. The molecule has 0 bridgehead atoms. The first-order chi connectivity index (χ1) is 8.73. The summed E-state index contributed by atoms with van der Waals surface area (Å²) in [4.78, 5) is 5.34. The van der Waals surface area contributed by atoms with Gasteiger partial charge in [-0.25, -0.2) is 0 Å². The Morgan fingerprint density at radius 2 is 1.94 bits per heavy atom. The van der Waals surface area contributed by atoms with Gasteiger partial charge in [0.05, 0.1) is 0 Å². The molecule has 2 N–H and O–H groups in total. The fourth-order valence-corrected chi connectivity index (χ4v) is 3.62. The van der Waals surface area contributed by atoms with Crippen LogP contribution in [0, 0.1) is 5.92 Å². The summed E-state index contributed by atoms with van der Waals surface area (Å²) in [5, 5.41) is 0. The van der Waals surface area contributed by atoms with E-state index in [1.165, 1.54) is 64.6 Å². The van der Waals surface area contributed by atoms with Crippen LogP contribution in [-0.2, 0) is 0 Å². The Kier molecular flexibility index (Phi) is 3.65. The van der Waals surface area contributed by atoms with Crippen molar-refractivity contribution in [1.29, 1.82) is 0 Å². The van der Waals surface area contributed by atoms with E-state index in [9.17, 15) is 0 Å². The van der Waals surface area contributed by atoms with Gasteiger partial charge in [-0.3, -0.25) is 4.90 Å². The van der Waals surface area contributed by atoms with Crippen molar-refractivity contribution in [2.45, 2.75) is 56.5 Å². The van der Waals surface area contributed by atoms with Gasteiger partial charge in [0.15, 0.2) is 0 Å². The van der Waals surface area contributed by atoms with Gasteiger partial charge < -0.3 is 10.6 Å². The molecule has 18 heavy (non-hydrogen) atoms. The summed E-state index contributed by atoms with van der Waals surface area (Å²) >= 11 is 0. The van der Waals surface area contributed by atoms with Gasteiger partial charge in [-0.2, -0.15) is 0 Å². The zero-order valence-corrected chi connectivity index (χ0v) is 11.9. The minimum Gasteiger partial charge on any atom is -0.329 e. The van der Waals surface area contributed by atoms with E-state index in [1.54, 1.807) is 0 Å². The van der Waals surface area contributed by atoms with Gasteiger partial charge in [0.1, 0.15) is 0 Å². The first-order valence-corrected chi connectivity index (χ1v) is 7.89. The van der Waals surface area contributed by atoms with Crippen LogP contribution in [0.25, 0.3) is 0 Å². The molecule has 0 radical (unpaired) electrons. The second kappa shape index (κ2) is 5.10. The third-order valence-electron chi connectivity index (χ3n) is 5.27. The highest BCUT2D eigenvalue weighted by Crippen LogP contribution is 2.41. The van der Waals surface area contributed by atoms with Crippen molar-refractivity contribution in [3.63, 3.8) is 0 Å². The maximum atomic E-state index is 6.26. The van der Waals surface area contributed by atoms with E-state index in [2.05, 4.69) is 16.8 Å². The van der Waals surface area contributed by atoms with Gasteiger partial charge in [-0.15, -0.1) is 0 Å². The monoisotopic (exact) mass is 251 g/mol. The minimum atomic E-state index is 0.328. The summed E-state index contributed by atoms with van der Waals surface area (Å²) < 4.78 is 0. The molecule has 1 aliphatic heterocycles. The van der Waals surface area contributed by atoms with E-state index in [-0.39, 0.29) is 0 Å². The average Bonchev–Trinajstić information content (AvgIpc) is 3.22. The lowest BCUT2D eigenvalue weighted by Gasteiger charge is -2.44. The molecule has 0 aromatic carbocycles. The van der Waals surface area contributed by atoms with Gasteiger partial charge in [-0.1, -0.05) is 0 Å². The second-order valence-electron chi connectivity index (χ2n) is 6.91. The molecule has 3 nitrogen and oxygen atoms in total. The molecule has 104 valence electrons. The summed E-state index contributed by atoms with van der Waals surface area (Å²) in [6, 6.07) is 0.873. The molecule has 1 unspecified atom stereocenters. The van der Waals surface area contributed by atoms with Crippen molar-refractivity contribution in [2.24, 2.45) is 11.7 Å². The lowest BCUT2D eigenvalue weighted by atomic mass is 9.87. The number of nitrogens with two attached hydrogens (primary N) is 1. The van der Waals surface area contributed by atoms with E-state index in [4.69, 9.17) is 5.73 Å². The van der Waals surface area contributed by atoms with Crippen molar-refractivity contribution in [1.82, 2.24) is 9.80 Å². The topological polar surface area (TPSA) is 32.5 Å². The molecule has 0 amide bonds. The SMILES string of the molecule is CN1CCCC(CN)(N(CC2CC2)C2CC2)CC1. The maximum Gasteiger partial charge on any atom is 0.0347 e. The highest BCUT2D eigenvalue weighted by atomic mass is 15.3. The highest BCUT2D eigenvalue weighted by molar-refractivity contribution is 5.02. The molecule has 1 heterocycles.